The molecule has 2 aromatic carbocycles. The molecule has 3 rings (SSSR count). The van der Waals surface area contributed by atoms with Gasteiger partial charge in [-0.25, -0.2) is 4.39 Å². The third-order valence-electron chi connectivity index (χ3n) is 4.41. The molecule has 0 aliphatic carbocycles. The Morgan fingerprint density at radius 2 is 2.04 bits per heavy atom. The first-order valence-corrected chi connectivity index (χ1v) is 8.91. The summed E-state index contributed by atoms with van der Waals surface area (Å²) in [6, 6.07) is 9.62. The van der Waals surface area contributed by atoms with E-state index in [0.29, 0.717) is 13.2 Å². The van der Waals surface area contributed by atoms with Gasteiger partial charge in [-0.3, -0.25) is 14.9 Å². The molecule has 0 saturated carbocycles. The van der Waals surface area contributed by atoms with E-state index < -0.39 is 10.8 Å². The second-order valence-electron chi connectivity index (χ2n) is 6.37. The van der Waals surface area contributed by atoms with Crippen molar-refractivity contribution in [3.05, 3.63) is 74.5 Å². The molecule has 1 saturated heterocycles. The van der Waals surface area contributed by atoms with Crippen LogP contribution >= 0.6 is 11.6 Å². The minimum absolute atomic E-state index is 0.0611. The zero-order valence-electron chi connectivity index (χ0n) is 14.4. The van der Waals surface area contributed by atoms with Gasteiger partial charge in [-0.1, -0.05) is 23.7 Å². The van der Waals surface area contributed by atoms with Crippen LogP contribution in [0.2, 0.25) is 5.02 Å². The van der Waals surface area contributed by atoms with Gasteiger partial charge in [0.1, 0.15) is 5.82 Å². The lowest BCUT2D eigenvalue weighted by molar-refractivity contribution is -0.384. The predicted octanol–water partition coefficient (Wildman–Crippen LogP) is 4.21. The predicted molar refractivity (Wildman–Crippen MR) is 98.2 cm³/mol. The quantitative estimate of drug-likeness (QED) is 0.545. The molecule has 0 aromatic heterocycles. The van der Waals surface area contributed by atoms with Crippen LogP contribution in [0.3, 0.4) is 0 Å². The highest BCUT2D eigenvalue weighted by molar-refractivity contribution is 6.33. The van der Waals surface area contributed by atoms with Gasteiger partial charge in [-0.05, 0) is 36.6 Å². The van der Waals surface area contributed by atoms with Crippen molar-refractivity contribution in [2.75, 3.05) is 13.2 Å². The van der Waals surface area contributed by atoms with Crippen LogP contribution in [0.4, 0.5) is 10.1 Å². The Balaban J connectivity index is 1.88. The SMILES string of the molecule is O=C(c1cc([N+](=O)[O-])ccc1Cl)N(Cc1ccc(F)cc1)CC1CCCO1. The van der Waals surface area contributed by atoms with Crippen molar-refractivity contribution in [2.24, 2.45) is 0 Å². The van der Waals surface area contributed by atoms with Crippen LogP contribution in [0.5, 0.6) is 0 Å². The van der Waals surface area contributed by atoms with E-state index in [0.717, 1.165) is 18.4 Å². The number of carbonyl (C=O) groups is 1. The minimum Gasteiger partial charge on any atom is -0.376 e. The summed E-state index contributed by atoms with van der Waals surface area (Å²) in [5, 5.41) is 11.2. The smallest absolute Gasteiger partial charge is 0.270 e. The van der Waals surface area contributed by atoms with Gasteiger partial charge >= 0.3 is 0 Å². The fourth-order valence-corrected chi connectivity index (χ4v) is 3.22. The molecule has 0 radical (unpaired) electrons. The van der Waals surface area contributed by atoms with Crippen LogP contribution in [0.15, 0.2) is 42.5 Å². The Kier molecular flexibility index (Phi) is 6.03. The Bertz CT molecular complexity index is 838. The van der Waals surface area contributed by atoms with Crippen molar-refractivity contribution < 1.29 is 18.8 Å². The summed E-state index contributed by atoms with van der Waals surface area (Å²) in [5.41, 5.74) is 0.594. The Hall–Kier alpha value is -2.51. The second-order valence-corrected chi connectivity index (χ2v) is 6.78. The first-order chi connectivity index (χ1) is 12.9. The lowest BCUT2D eigenvalue weighted by atomic mass is 10.1. The van der Waals surface area contributed by atoms with Gasteiger partial charge in [-0.2, -0.15) is 0 Å². The fourth-order valence-electron chi connectivity index (χ4n) is 3.02. The molecule has 1 amide bonds. The molecular weight excluding hydrogens is 375 g/mol. The van der Waals surface area contributed by atoms with Crippen molar-refractivity contribution in [3.8, 4) is 0 Å². The monoisotopic (exact) mass is 392 g/mol. The maximum Gasteiger partial charge on any atom is 0.270 e. The van der Waals surface area contributed by atoms with Crippen LogP contribution in [-0.4, -0.2) is 35.0 Å². The molecule has 0 spiro atoms. The summed E-state index contributed by atoms with van der Waals surface area (Å²) in [7, 11) is 0. The number of hydrogen-bond acceptors (Lipinski definition) is 4. The molecule has 1 heterocycles. The van der Waals surface area contributed by atoms with E-state index in [9.17, 15) is 19.3 Å². The van der Waals surface area contributed by atoms with E-state index in [-0.39, 0.29) is 34.7 Å². The molecule has 1 unspecified atom stereocenters. The molecule has 1 atom stereocenters. The minimum atomic E-state index is -0.572. The Morgan fingerprint density at radius 3 is 2.67 bits per heavy atom. The van der Waals surface area contributed by atoms with Gasteiger partial charge in [0.05, 0.1) is 21.6 Å². The number of halogens is 2. The number of carbonyl (C=O) groups excluding carboxylic acids is 1. The van der Waals surface area contributed by atoms with Crippen LogP contribution < -0.4 is 0 Å². The Morgan fingerprint density at radius 1 is 1.30 bits per heavy atom. The van der Waals surface area contributed by atoms with E-state index in [1.54, 1.807) is 12.1 Å². The van der Waals surface area contributed by atoms with Gasteiger partial charge in [0, 0.05) is 31.8 Å². The number of nitrogens with zero attached hydrogens (tertiary/aromatic N) is 2. The topological polar surface area (TPSA) is 72.7 Å². The van der Waals surface area contributed by atoms with Gasteiger partial charge < -0.3 is 9.64 Å². The number of hydrogen-bond donors (Lipinski definition) is 0. The van der Waals surface area contributed by atoms with Crippen LogP contribution in [0.1, 0.15) is 28.8 Å². The highest BCUT2D eigenvalue weighted by atomic mass is 35.5. The number of amides is 1. The van der Waals surface area contributed by atoms with Crippen molar-refractivity contribution in [1.29, 1.82) is 0 Å². The summed E-state index contributed by atoms with van der Waals surface area (Å²) in [4.78, 5) is 25.1. The molecule has 0 bridgehead atoms. The average molecular weight is 393 g/mol. The Labute approximate surface area is 160 Å². The maximum absolute atomic E-state index is 13.2. The molecule has 8 heteroatoms. The maximum atomic E-state index is 13.2. The standard InChI is InChI=1S/C19H18ClFN2O4/c20-18-8-7-15(23(25)26)10-17(18)19(24)22(12-16-2-1-9-27-16)11-13-3-5-14(21)6-4-13/h3-8,10,16H,1-2,9,11-12H2. The summed E-state index contributed by atoms with van der Waals surface area (Å²) in [6.07, 6.45) is 1.64. The molecule has 0 N–H and O–H groups in total. The average Bonchev–Trinajstić information content (AvgIpc) is 3.16. The van der Waals surface area contributed by atoms with E-state index in [1.165, 1.54) is 35.2 Å². The summed E-state index contributed by atoms with van der Waals surface area (Å²) < 4.78 is 18.8. The van der Waals surface area contributed by atoms with E-state index >= 15 is 0 Å². The summed E-state index contributed by atoms with van der Waals surface area (Å²) in [5.74, 6) is -0.791. The zero-order chi connectivity index (χ0) is 19.4. The number of nitro benzene ring substituents is 1. The highest BCUT2D eigenvalue weighted by Gasteiger charge is 2.26. The normalized spacial score (nSPS) is 16.3. The second kappa shape index (κ2) is 8.45. The molecular formula is C19H18ClFN2O4. The highest BCUT2D eigenvalue weighted by Crippen LogP contribution is 2.25. The lowest BCUT2D eigenvalue weighted by Crippen LogP contribution is -2.37. The van der Waals surface area contributed by atoms with Crippen LogP contribution in [-0.2, 0) is 11.3 Å². The number of non-ortho nitro benzene ring substituents is 1. The number of nitro groups is 1. The third-order valence-corrected chi connectivity index (χ3v) is 4.74. The summed E-state index contributed by atoms with van der Waals surface area (Å²) >= 11 is 6.13. The summed E-state index contributed by atoms with van der Waals surface area (Å²) in [6.45, 7) is 1.19. The van der Waals surface area contributed by atoms with Crippen LogP contribution in [0.25, 0.3) is 0 Å². The van der Waals surface area contributed by atoms with E-state index in [2.05, 4.69) is 0 Å². The largest absolute Gasteiger partial charge is 0.376 e. The molecule has 1 fully saturated rings. The number of benzene rings is 2. The van der Waals surface area contributed by atoms with E-state index in [4.69, 9.17) is 16.3 Å². The molecule has 1 aliphatic rings. The molecule has 2 aromatic rings. The van der Waals surface area contributed by atoms with Crippen molar-refractivity contribution in [2.45, 2.75) is 25.5 Å². The van der Waals surface area contributed by atoms with Crippen molar-refractivity contribution >= 4 is 23.2 Å². The fraction of sp³-hybridized carbons (Fsp3) is 0.316. The molecule has 27 heavy (non-hydrogen) atoms. The number of ether oxygens (including phenoxy) is 1. The molecule has 6 nitrogen and oxygen atoms in total. The van der Waals surface area contributed by atoms with Gasteiger partial charge in [0.15, 0.2) is 0 Å². The first kappa shape index (κ1) is 19.3. The van der Waals surface area contributed by atoms with Crippen LogP contribution in [0, 0.1) is 15.9 Å². The molecule has 142 valence electrons. The zero-order valence-corrected chi connectivity index (χ0v) is 15.2. The molecule has 1 aliphatic heterocycles. The lowest BCUT2D eigenvalue weighted by Gasteiger charge is -2.26. The first-order valence-electron chi connectivity index (χ1n) is 8.53. The van der Waals surface area contributed by atoms with Gasteiger partial charge in [0.2, 0.25) is 0 Å². The van der Waals surface area contributed by atoms with Gasteiger partial charge in [-0.15, -0.1) is 0 Å². The van der Waals surface area contributed by atoms with Gasteiger partial charge in [0.25, 0.3) is 11.6 Å². The van der Waals surface area contributed by atoms with E-state index in [1.807, 2.05) is 0 Å². The van der Waals surface area contributed by atoms with Crippen molar-refractivity contribution in [3.63, 3.8) is 0 Å². The third kappa shape index (κ3) is 4.81. The van der Waals surface area contributed by atoms with Crippen molar-refractivity contribution in [1.82, 2.24) is 4.90 Å². The number of rotatable bonds is 6.